The predicted octanol–water partition coefficient (Wildman–Crippen LogP) is 1.25. The minimum Gasteiger partial charge on any atom is -0.462 e. The van der Waals surface area contributed by atoms with Crippen molar-refractivity contribution in [2.24, 2.45) is 0 Å². The van der Waals surface area contributed by atoms with Crippen LogP contribution in [0.3, 0.4) is 0 Å². The van der Waals surface area contributed by atoms with Gasteiger partial charge in [0.15, 0.2) is 0 Å². The fraction of sp³-hybridized carbons (Fsp3) is 0.588. The van der Waals surface area contributed by atoms with Gasteiger partial charge in [-0.25, -0.2) is 0 Å². The lowest BCUT2D eigenvalue weighted by atomic mass is 9.98. The summed E-state index contributed by atoms with van der Waals surface area (Å²) in [4.78, 5) is 14.5. The Morgan fingerprint density at radius 3 is 2.36 bits per heavy atom. The van der Waals surface area contributed by atoms with Crippen LogP contribution in [-0.4, -0.2) is 52.6 Å². The number of hydrogen-bond donors (Lipinski definition) is 2. The number of carbonyl (C=O) groups excluding carboxylic acids is 1. The normalized spacial score (nSPS) is 29.3. The number of hydrogen-bond acceptors (Lipinski definition) is 5. The quantitative estimate of drug-likeness (QED) is 0.801. The van der Waals surface area contributed by atoms with Gasteiger partial charge in [0.2, 0.25) is 0 Å². The Kier molecular flexibility index (Phi) is 4.76. The smallest absolute Gasteiger partial charge is 0.316 e. The molecule has 2 heterocycles. The lowest BCUT2D eigenvalue weighted by molar-refractivity contribution is -0.156. The van der Waals surface area contributed by atoms with E-state index in [4.69, 9.17) is 4.74 Å². The summed E-state index contributed by atoms with van der Waals surface area (Å²) in [7, 11) is 0. The van der Waals surface area contributed by atoms with Crippen LogP contribution in [0.15, 0.2) is 30.3 Å². The molecule has 2 saturated heterocycles. The maximum absolute atomic E-state index is 12.4. The maximum atomic E-state index is 12.4. The fourth-order valence-corrected chi connectivity index (χ4v) is 3.80. The summed E-state index contributed by atoms with van der Waals surface area (Å²) in [5.41, 5.74) is 0.783. The zero-order chi connectivity index (χ0) is 15.5. The summed E-state index contributed by atoms with van der Waals surface area (Å²) in [6.45, 7) is -0.162. The molecule has 2 bridgehead atoms. The van der Waals surface area contributed by atoms with Crippen LogP contribution in [0.25, 0.3) is 0 Å². The molecule has 2 fully saturated rings. The van der Waals surface area contributed by atoms with Gasteiger partial charge in [-0.05, 0) is 18.4 Å². The molecule has 0 radical (unpaired) electrons. The first-order chi connectivity index (χ1) is 10.7. The number of rotatable bonds is 5. The molecular weight excluding hydrogens is 282 g/mol. The first-order valence-electron chi connectivity index (χ1n) is 7.95. The van der Waals surface area contributed by atoms with E-state index >= 15 is 0 Å². The molecule has 2 N–H and O–H groups in total. The molecule has 2 aliphatic heterocycles. The second-order valence-corrected chi connectivity index (χ2v) is 6.22. The molecule has 0 saturated carbocycles. The largest absolute Gasteiger partial charge is 0.462 e. The fourth-order valence-electron chi connectivity index (χ4n) is 3.80. The molecular formula is C17H23NO4. The number of aliphatic hydroxyl groups is 2. The highest BCUT2D eigenvalue weighted by Crippen LogP contribution is 2.36. The Morgan fingerprint density at radius 2 is 1.82 bits per heavy atom. The monoisotopic (exact) mass is 305 g/mol. The van der Waals surface area contributed by atoms with Gasteiger partial charge in [-0.3, -0.25) is 9.69 Å². The zero-order valence-corrected chi connectivity index (χ0v) is 12.6. The van der Waals surface area contributed by atoms with Crippen molar-refractivity contribution >= 4 is 5.97 Å². The van der Waals surface area contributed by atoms with Gasteiger partial charge < -0.3 is 14.9 Å². The van der Waals surface area contributed by atoms with Gasteiger partial charge in [0.05, 0.1) is 13.3 Å². The molecule has 120 valence electrons. The van der Waals surface area contributed by atoms with Gasteiger partial charge in [0, 0.05) is 24.9 Å². The molecule has 22 heavy (non-hydrogen) atoms. The topological polar surface area (TPSA) is 70.0 Å². The summed E-state index contributed by atoms with van der Waals surface area (Å²) in [5.74, 6) is -0.967. The van der Waals surface area contributed by atoms with E-state index < -0.39 is 5.92 Å². The average Bonchev–Trinajstić information content (AvgIpc) is 2.79. The molecule has 1 aromatic carbocycles. The summed E-state index contributed by atoms with van der Waals surface area (Å²) in [6, 6.07) is 9.87. The van der Waals surface area contributed by atoms with E-state index in [0.717, 1.165) is 31.2 Å². The summed E-state index contributed by atoms with van der Waals surface area (Å²) >= 11 is 0. The van der Waals surface area contributed by atoms with Crippen LogP contribution in [0.2, 0.25) is 0 Å². The van der Waals surface area contributed by atoms with E-state index in [2.05, 4.69) is 4.90 Å². The second-order valence-electron chi connectivity index (χ2n) is 6.22. The highest BCUT2D eigenvalue weighted by molar-refractivity contribution is 5.78. The van der Waals surface area contributed by atoms with E-state index in [0.29, 0.717) is 12.1 Å². The Balaban J connectivity index is 1.62. The molecule has 2 aliphatic rings. The minimum atomic E-state index is -0.616. The van der Waals surface area contributed by atoms with Crippen LogP contribution in [0, 0.1) is 0 Å². The van der Waals surface area contributed by atoms with Gasteiger partial charge >= 0.3 is 5.97 Å². The highest BCUT2D eigenvalue weighted by Gasteiger charge is 2.42. The maximum Gasteiger partial charge on any atom is 0.316 e. The van der Waals surface area contributed by atoms with Crippen molar-refractivity contribution in [2.45, 2.75) is 49.8 Å². The van der Waals surface area contributed by atoms with Gasteiger partial charge in [-0.1, -0.05) is 30.3 Å². The predicted molar refractivity (Wildman–Crippen MR) is 81.1 cm³/mol. The SMILES string of the molecule is O=C(OC1C[C@H]2CC[C@@H](C1)N2CO)C(CO)c1ccccc1. The van der Waals surface area contributed by atoms with Crippen molar-refractivity contribution in [2.75, 3.05) is 13.3 Å². The Labute approximate surface area is 130 Å². The van der Waals surface area contributed by atoms with E-state index in [1.54, 1.807) is 0 Å². The number of ether oxygens (including phenoxy) is 1. The van der Waals surface area contributed by atoms with E-state index in [-0.39, 0.29) is 25.4 Å². The van der Waals surface area contributed by atoms with Crippen LogP contribution in [0.4, 0.5) is 0 Å². The summed E-state index contributed by atoms with van der Waals surface area (Å²) < 4.78 is 5.67. The lowest BCUT2D eigenvalue weighted by Gasteiger charge is -2.37. The standard InChI is InChI=1S/C17H23NO4/c19-10-16(12-4-2-1-3-5-12)17(21)22-15-8-13-6-7-14(9-15)18(13)11-20/h1-5,13-16,19-20H,6-11H2/t13-,14+,15?,16?. The van der Waals surface area contributed by atoms with Crippen LogP contribution in [-0.2, 0) is 9.53 Å². The third kappa shape index (κ3) is 3.02. The molecule has 5 nitrogen and oxygen atoms in total. The number of benzene rings is 1. The first kappa shape index (κ1) is 15.5. The Morgan fingerprint density at radius 1 is 1.18 bits per heavy atom. The summed E-state index contributed by atoms with van der Waals surface area (Å²) in [5, 5.41) is 18.9. The lowest BCUT2D eigenvalue weighted by Crippen LogP contribution is -2.46. The number of fused-ring (bicyclic) bond motifs is 2. The van der Waals surface area contributed by atoms with Crippen LogP contribution in [0.5, 0.6) is 0 Å². The van der Waals surface area contributed by atoms with E-state index in [1.165, 1.54) is 0 Å². The van der Waals surface area contributed by atoms with Crippen molar-refractivity contribution in [3.05, 3.63) is 35.9 Å². The third-order valence-corrected chi connectivity index (χ3v) is 4.96. The van der Waals surface area contributed by atoms with E-state index in [1.807, 2.05) is 30.3 Å². The van der Waals surface area contributed by atoms with Crippen molar-refractivity contribution in [1.29, 1.82) is 0 Å². The van der Waals surface area contributed by atoms with Crippen molar-refractivity contribution < 1.29 is 19.7 Å². The third-order valence-electron chi connectivity index (χ3n) is 4.96. The highest BCUT2D eigenvalue weighted by atomic mass is 16.5. The molecule has 4 atom stereocenters. The molecule has 5 heteroatoms. The van der Waals surface area contributed by atoms with Crippen LogP contribution >= 0.6 is 0 Å². The molecule has 0 aliphatic carbocycles. The molecule has 1 aromatic rings. The van der Waals surface area contributed by atoms with E-state index in [9.17, 15) is 15.0 Å². The van der Waals surface area contributed by atoms with Crippen molar-refractivity contribution in [3.8, 4) is 0 Å². The molecule has 0 aromatic heterocycles. The van der Waals surface area contributed by atoms with Crippen molar-refractivity contribution in [1.82, 2.24) is 4.90 Å². The molecule has 0 amide bonds. The number of piperidine rings is 1. The number of carbonyl (C=O) groups is 1. The molecule has 3 rings (SSSR count). The van der Waals surface area contributed by atoms with Gasteiger partial charge in [-0.2, -0.15) is 0 Å². The minimum absolute atomic E-state index is 0.0826. The van der Waals surface area contributed by atoms with Gasteiger partial charge in [0.25, 0.3) is 0 Å². The van der Waals surface area contributed by atoms with Gasteiger partial charge in [-0.15, -0.1) is 0 Å². The average molecular weight is 305 g/mol. The Bertz CT molecular complexity index is 493. The van der Waals surface area contributed by atoms with Crippen LogP contribution < -0.4 is 0 Å². The van der Waals surface area contributed by atoms with Crippen LogP contribution in [0.1, 0.15) is 37.2 Å². The number of aliphatic hydroxyl groups excluding tert-OH is 2. The molecule has 2 unspecified atom stereocenters. The second kappa shape index (κ2) is 6.77. The number of esters is 1. The zero-order valence-electron chi connectivity index (χ0n) is 12.6. The summed E-state index contributed by atoms with van der Waals surface area (Å²) in [6.07, 6.45) is 3.56. The molecule has 0 spiro atoms. The Hall–Kier alpha value is -1.43. The van der Waals surface area contributed by atoms with Crippen molar-refractivity contribution in [3.63, 3.8) is 0 Å². The number of nitrogens with zero attached hydrogens (tertiary/aromatic N) is 1. The first-order valence-corrected chi connectivity index (χ1v) is 7.95. The van der Waals surface area contributed by atoms with Gasteiger partial charge in [0.1, 0.15) is 12.0 Å².